The van der Waals surface area contributed by atoms with E-state index in [2.05, 4.69) is 11.7 Å². The largest absolute Gasteiger partial charge is 0.573 e. The third-order valence-electron chi connectivity index (χ3n) is 7.39. The standard InChI is InChI=1S/C25H37F4OSi/c1-2-15-31-16-13-20(14-17-31)6-4-3-5-19-7-9-21(10-8-19)22-11-12-24(23(26)18-22)30-25(27,28)29/h11-12,18-21H,2-10,13-17H2,1H3. The minimum atomic E-state index is -4.86. The zero-order chi connectivity index (χ0) is 22.3. The Kier molecular flexibility index (Phi) is 9.29. The first-order valence-electron chi connectivity index (χ1n) is 12.2. The molecule has 0 bridgehead atoms. The van der Waals surface area contributed by atoms with Gasteiger partial charge in [-0.05, 0) is 61.1 Å². The molecule has 2 fully saturated rings. The van der Waals surface area contributed by atoms with Gasteiger partial charge in [-0.25, -0.2) is 4.39 Å². The Morgan fingerprint density at radius 2 is 1.55 bits per heavy atom. The maximum atomic E-state index is 14.0. The van der Waals surface area contributed by atoms with Gasteiger partial charge in [0.1, 0.15) is 0 Å². The van der Waals surface area contributed by atoms with E-state index in [0.29, 0.717) is 0 Å². The minimum absolute atomic E-state index is 0.000365. The van der Waals surface area contributed by atoms with Crippen LogP contribution in [-0.2, 0) is 0 Å². The highest BCUT2D eigenvalue weighted by Crippen LogP contribution is 2.39. The Morgan fingerprint density at radius 1 is 0.935 bits per heavy atom. The maximum absolute atomic E-state index is 14.0. The van der Waals surface area contributed by atoms with Crippen molar-refractivity contribution >= 4 is 8.80 Å². The van der Waals surface area contributed by atoms with Gasteiger partial charge in [0.15, 0.2) is 11.6 Å². The molecule has 6 heteroatoms. The van der Waals surface area contributed by atoms with Crippen LogP contribution in [-0.4, -0.2) is 15.2 Å². The van der Waals surface area contributed by atoms with E-state index in [-0.39, 0.29) is 14.7 Å². The number of unbranched alkanes of at least 4 members (excludes halogenated alkanes) is 1. The number of hydrogen-bond donors (Lipinski definition) is 0. The van der Waals surface area contributed by atoms with Crippen LogP contribution in [0.25, 0.3) is 0 Å². The van der Waals surface area contributed by atoms with Crippen LogP contribution >= 0.6 is 0 Å². The fraction of sp³-hybridized carbons (Fsp3) is 0.760. The van der Waals surface area contributed by atoms with Gasteiger partial charge in [-0.3, -0.25) is 0 Å². The summed E-state index contributed by atoms with van der Waals surface area (Å²) in [5.74, 6) is 0.292. The number of rotatable bonds is 9. The van der Waals surface area contributed by atoms with Crippen LogP contribution in [0.3, 0.4) is 0 Å². The van der Waals surface area contributed by atoms with Crippen LogP contribution in [0.15, 0.2) is 18.2 Å². The quantitative estimate of drug-likeness (QED) is 0.204. The van der Waals surface area contributed by atoms with Crippen molar-refractivity contribution in [2.75, 3.05) is 0 Å². The molecule has 0 atom stereocenters. The topological polar surface area (TPSA) is 9.23 Å². The number of hydrogen-bond acceptors (Lipinski definition) is 1. The minimum Gasteiger partial charge on any atom is -0.403 e. The fourth-order valence-corrected chi connectivity index (χ4v) is 8.70. The summed E-state index contributed by atoms with van der Waals surface area (Å²) >= 11 is 0. The summed E-state index contributed by atoms with van der Waals surface area (Å²) in [5, 5.41) is 0. The lowest BCUT2D eigenvalue weighted by atomic mass is 9.77. The number of ether oxygens (including phenoxy) is 1. The molecule has 2 aliphatic rings. The van der Waals surface area contributed by atoms with E-state index in [1.807, 2.05) is 0 Å². The second-order valence-corrected chi connectivity index (χ2v) is 12.7. The van der Waals surface area contributed by atoms with Crippen molar-refractivity contribution in [3.63, 3.8) is 0 Å². The van der Waals surface area contributed by atoms with Crippen LogP contribution in [0, 0.1) is 17.7 Å². The zero-order valence-electron chi connectivity index (χ0n) is 18.8. The monoisotopic (exact) mass is 457 g/mol. The molecule has 3 rings (SSSR count). The normalized spacial score (nSPS) is 23.8. The van der Waals surface area contributed by atoms with Gasteiger partial charge in [-0.1, -0.05) is 76.1 Å². The molecule has 0 unspecified atom stereocenters. The lowest BCUT2D eigenvalue weighted by molar-refractivity contribution is -0.275. The van der Waals surface area contributed by atoms with E-state index in [1.54, 1.807) is 6.07 Å². The molecule has 1 nitrogen and oxygen atoms in total. The second-order valence-electron chi connectivity index (χ2n) is 9.68. The van der Waals surface area contributed by atoms with E-state index in [4.69, 9.17) is 0 Å². The van der Waals surface area contributed by atoms with Crippen molar-refractivity contribution in [2.45, 2.75) is 108 Å². The molecule has 175 valence electrons. The van der Waals surface area contributed by atoms with Crippen LogP contribution in [0.2, 0.25) is 18.1 Å². The molecular formula is C25H37F4OSi. The molecule has 1 saturated heterocycles. The average Bonchev–Trinajstić information content (AvgIpc) is 2.74. The Labute approximate surface area is 186 Å². The molecule has 1 saturated carbocycles. The molecule has 0 N–H and O–H groups in total. The predicted octanol–water partition coefficient (Wildman–Crippen LogP) is 8.87. The number of alkyl halides is 3. The van der Waals surface area contributed by atoms with Crippen molar-refractivity contribution in [1.29, 1.82) is 0 Å². The Hall–Kier alpha value is -1.04. The molecule has 1 aliphatic carbocycles. The molecule has 1 heterocycles. The maximum Gasteiger partial charge on any atom is 0.573 e. The van der Waals surface area contributed by atoms with Gasteiger partial charge in [-0.2, -0.15) is 0 Å². The molecule has 0 spiro atoms. The first-order valence-corrected chi connectivity index (χ1v) is 14.3. The SMILES string of the molecule is CCC[Si]1CCC(CCCCC2CCC(c3ccc(OC(F)(F)F)c(F)c3)CC2)CC1. The highest BCUT2D eigenvalue weighted by molar-refractivity contribution is 6.58. The van der Waals surface area contributed by atoms with Crippen molar-refractivity contribution in [3.05, 3.63) is 29.6 Å². The van der Waals surface area contributed by atoms with Crippen LogP contribution < -0.4 is 4.74 Å². The average molecular weight is 458 g/mol. The number of halogens is 4. The summed E-state index contributed by atoms with van der Waals surface area (Å²) in [6.07, 6.45) is 9.08. The molecule has 1 aromatic rings. The third-order valence-corrected chi connectivity index (χ3v) is 10.6. The molecule has 1 radical (unpaired) electrons. The van der Waals surface area contributed by atoms with E-state index < -0.39 is 17.9 Å². The summed E-state index contributed by atoms with van der Waals surface area (Å²) in [6.45, 7) is 2.32. The van der Waals surface area contributed by atoms with E-state index in [9.17, 15) is 17.6 Å². The van der Waals surface area contributed by atoms with Gasteiger partial charge in [0.05, 0.1) is 0 Å². The Balaban J connectivity index is 1.32. The first-order chi connectivity index (χ1) is 14.8. The van der Waals surface area contributed by atoms with Crippen molar-refractivity contribution in [3.8, 4) is 5.75 Å². The van der Waals surface area contributed by atoms with Crippen LogP contribution in [0.4, 0.5) is 17.6 Å². The van der Waals surface area contributed by atoms with Gasteiger partial charge >= 0.3 is 6.36 Å². The van der Waals surface area contributed by atoms with E-state index >= 15 is 0 Å². The summed E-state index contributed by atoms with van der Waals surface area (Å²) in [5.41, 5.74) is 0.798. The third kappa shape index (κ3) is 8.10. The number of benzene rings is 1. The van der Waals surface area contributed by atoms with E-state index in [0.717, 1.165) is 49.1 Å². The smallest absolute Gasteiger partial charge is 0.403 e. The highest BCUT2D eigenvalue weighted by Gasteiger charge is 2.32. The fourth-order valence-electron chi connectivity index (χ4n) is 5.61. The molecule has 1 aliphatic heterocycles. The van der Waals surface area contributed by atoms with Gasteiger partial charge in [0.25, 0.3) is 0 Å². The molecular weight excluding hydrogens is 420 g/mol. The zero-order valence-corrected chi connectivity index (χ0v) is 19.8. The lowest BCUT2D eigenvalue weighted by Crippen LogP contribution is -2.21. The molecule has 1 aromatic carbocycles. The predicted molar refractivity (Wildman–Crippen MR) is 119 cm³/mol. The highest BCUT2D eigenvalue weighted by atomic mass is 28.3. The Morgan fingerprint density at radius 3 is 2.10 bits per heavy atom. The van der Waals surface area contributed by atoms with E-state index in [1.165, 1.54) is 69.1 Å². The van der Waals surface area contributed by atoms with Gasteiger partial charge < -0.3 is 4.74 Å². The summed E-state index contributed by atoms with van der Waals surface area (Å²) in [7, 11) is 0.000365. The van der Waals surface area contributed by atoms with Crippen molar-refractivity contribution in [2.24, 2.45) is 11.8 Å². The lowest BCUT2D eigenvalue weighted by Gasteiger charge is -2.29. The summed E-state index contributed by atoms with van der Waals surface area (Å²) in [4.78, 5) is 0. The van der Waals surface area contributed by atoms with Crippen LogP contribution in [0.1, 0.15) is 89.0 Å². The molecule has 0 aromatic heterocycles. The molecule has 0 amide bonds. The Bertz CT molecular complexity index is 662. The van der Waals surface area contributed by atoms with Crippen molar-refractivity contribution < 1.29 is 22.3 Å². The van der Waals surface area contributed by atoms with Crippen molar-refractivity contribution in [1.82, 2.24) is 0 Å². The molecule has 31 heavy (non-hydrogen) atoms. The summed E-state index contributed by atoms with van der Waals surface area (Å²) < 4.78 is 54.7. The van der Waals surface area contributed by atoms with Crippen LogP contribution in [0.5, 0.6) is 5.75 Å². The first kappa shape index (κ1) is 24.6. The summed E-state index contributed by atoms with van der Waals surface area (Å²) in [6, 6.07) is 8.52. The van der Waals surface area contributed by atoms with Gasteiger partial charge in [0.2, 0.25) is 0 Å². The van der Waals surface area contributed by atoms with Gasteiger partial charge in [-0.15, -0.1) is 13.2 Å². The second kappa shape index (κ2) is 11.7. The van der Waals surface area contributed by atoms with Gasteiger partial charge in [0, 0.05) is 8.80 Å².